The molecular weight excluding hydrogens is 444 g/mol. The van der Waals surface area contributed by atoms with Gasteiger partial charge in [-0.15, -0.1) is 0 Å². The molecule has 2 aromatic carbocycles. The predicted molar refractivity (Wildman–Crippen MR) is 139 cm³/mol. The molecule has 1 aliphatic heterocycles. The van der Waals surface area contributed by atoms with Gasteiger partial charge in [-0.05, 0) is 30.9 Å². The lowest BCUT2D eigenvalue weighted by atomic mass is 10.0. The van der Waals surface area contributed by atoms with Crippen LogP contribution >= 0.6 is 0 Å². The van der Waals surface area contributed by atoms with Crippen molar-refractivity contribution in [3.63, 3.8) is 0 Å². The van der Waals surface area contributed by atoms with Crippen molar-refractivity contribution >= 4 is 35.9 Å². The number of methoxy groups -OCH3 is 1. The SMILES string of the molecule is CN=CN=Cc1c(C(=CC(=O)NCC(=O)OC)OCc2ccccc2)cccc1N1CCCCC1. The van der Waals surface area contributed by atoms with Crippen molar-refractivity contribution in [1.29, 1.82) is 0 Å². The molecule has 0 radical (unpaired) electrons. The van der Waals surface area contributed by atoms with Crippen molar-refractivity contribution in [2.45, 2.75) is 25.9 Å². The summed E-state index contributed by atoms with van der Waals surface area (Å²) in [4.78, 5) is 34.8. The van der Waals surface area contributed by atoms with Gasteiger partial charge in [0.2, 0.25) is 5.91 Å². The molecule has 1 aliphatic rings. The maximum atomic E-state index is 12.7. The summed E-state index contributed by atoms with van der Waals surface area (Å²) < 4.78 is 10.8. The summed E-state index contributed by atoms with van der Waals surface area (Å²) in [6.07, 6.45) is 8.06. The van der Waals surface area contributed by atoms with E-state index in [-0.39, 0.29) is 13.2 Å². The standard InChI is InChI=1S/C27H32N4O4/c1-28-20-29-17-23-22(12-9-13-24(23)31-14-7-4-8-15-31)25(16-26(32)30-18-27(33)34-2)35-19-21-10-5-3-6-11-21/h3,5-6,9-13,16-17,20H,4,7-8,14-15,18-19H2,1-2H3,(H,30,32). The number of anilines is 1. The smallest absolute Gasteiger partial charge is 0.325 e. The Balaban J connectivity index is 2.01. The number of hydrogen-bond donors (Lipinski definition) is 1. The van der Waals surface area contributed by atoms with Crippen molar-refractivity contribution in [2.24, 2.45) is 9.98 Å². The van der Waals surface area contributed by atoms with E-state index in [0.29, 0.717) is 5.76 Å². The molecule has 0 aromatic heterocycles. The van der Waals surface area contributed by atoms with Gasteiger partial charge in [0, 0.05) is 49.2 Å². The van der Waals surface area contributed by atoms with Crippen molar-refractivity contribution in [3.8, 4) is 0 Å². The zero-order valence-corrected chi connectivity index (χ0v) is 20.3. The number of amides is 1. The predicted octanol–water partition coefficient (Wildman–Crippen LogP) is 3.60. The van der Waals surface area contributed by atoms with Gasteiger partial charge >= 0.3 is 5.97 Å². The topological polar surface area (TPSA) is 92.6 Å². The molecule has 35 heavy (non-hydrogen) atoms. The first-order valence-electron chi connectivity index (χ1n) is 11.7. The van der Waals surface area contributed by atoms with E-state index >= 15 is 0 Å². The zero-order chi connectivity index (χ0) is 24.9. The maximum Gasteiger partial charge on any atom is 0.325 e. The number of piperidine rings is 1. The molecule has 8 nitrogen and oxygen atoms in total. The van der Waals surface area contributed by atoms with E-state index in [1.54, 1.807) is 13.3 Å². The highest BCUT2D eigenvalue weighted by Gasteiger charge is 2.19. The fourth-order valence-corrected chi connectivity index (χ4v) is 3.82. The molecule has 0 atom stereocenters. The Morgan fingerprint density at radius 1 is 1.06 bits per heavy atom. The second kappa shape index (κ2) is 13.7. The minimum Gasteiger partial charge on any atom is -0.488 e. The molecular formula is C27H32N4O4. The van der Waals surface area contributed by atoms with Gasteiger partial charge < -0.3 is 19.7 Å². The van der Waals surface area contributed by atoms with Crippen molar-refractivity contribution in [1.82, 2.24) is 5.32 Å². The van der Waals surface area contributed by atoms with Crippen molar-refractivity contribution in [3.05, 3.63) is 71.3 Å². The van der Waals surface area contributed by atoms with Crippen LogP contribution < -0.4 is 10.2 Å². The molecule has 0 bridgehead atoms. The normalized spacial score (nSPS) is 14.3. The molecule has 2 aromatic rings. The third-order valence-electron chi connectivity index (χ3n) is 5.57. The summed E-state index contributed by atoms with van der Waals surface area (Å²) >= 11 is 0. The molecule has 3 rings (SSSR count). The average Bonchev–Trinajstić information content (AvgIpc) is 2.91. The fraction of sp³-hybridized carbons (Fsp3) is 0.333. The van der Waals surface area contributed by atoms with Crippen LogP contribution in [0.1, 0.15) is 36.0 Å². The van der Waals surface area contributed by atoms with Gasteiger partial charge in [-0.2, -0.15) is 0 Å². The van der Waals surface area contributed by atoms with E-state index in [1.165, 1.54) is 25.9 Å². The Hall–Kier alpha value is -3.94. The van der Waals surface area contributed by atoms with Gasteiger partial charge in [0.15, 0.2) is 0 Å². The van der Waals surface area contributed by atoms with Crippen LogP contribution in [0.4, 0.5) is 5.69 Å². The van der Waals surface area contributed by atoms with Crippen LogP contribution in [0.5, 0.6) is 0 Å². The van der Waals surface area contributed by atoms with E-state index in [9.17, 15) is 9.59 Å². The number of carbonyl (C=O) groups excluding carboxylic acids is 2. The van der Waals surface area contributed by atoms with Crippen LogP contribution in [0.25, 0.3) is 5.76 Å². The Labute approximate surface area is 206 Å². The van der Waals surface area contributed by atoms with Crippen LogP contribution in [0.15, 0.2) is 64.6 Å². The fourth-order valence-electron chi connectivity index (χ4n) is 3.82. The maximum absolute atomic E-state index is 12.7. The second-order valence-electron chi connectivity index (χ2n) is 8.01. The number of esters is 1. The van der Waals surface area contributed by atoms with Gasteiger partial charge in [0.05, 0.1) is 7.11 Å². The quantitative estimate of drug-likeness (QED) is 0.186. The van der Waals surface area contributed by atoms with Crippen LogP contribution in [0, 0.1) is 0 Å². The summed E-state index contributed by atoms with van der Waals surface area (Å²) in [6.45, 7) is 1.95. The number of benzene rings is 2. The van der Waals surface area contributed by atoms with Crippen molar-refractivity contribution in [2.75, 3.05) is 38.7 Å². The number of carbonyl (C=O) groups is 2. The molecule has 1 amide bonds. The average molecular weight is 477 g/mol. The lowest BCUT2D eigenvalue weighted by Crippen LogP contribution is -2.30. The summed E-state index contributed by atoms with van der Waals surface area (Å²) in [5.74, 6) is -0.609. The minimum absolute atomic E-state index is 0.229. The molecule has 0 spiro atoms. The second-order valence-corrected chi connectivity index (χ2v) is 8.01. The number of rotatable bonds is 10. The molecule has 1 N–H and O–H groups in total. The Kier molecular flexibility index (Phi) is 10.0. The third kappa shape index (κ3) is 7.81. The number of nitrogens with zero attached hydrogens (tertiary/aromatic N) is 3. The third-order valence-corrected chi connectivity index (χ3v) is 5.57. The Morgan fingerprint density at radius 3 is 2.54 bits per heavy atom. The van der Waals surface area contributed by atoms with Crippen LogP contribution in [-0.4, -0.2) is 58.2 Å². The highest BCUT2D eigenvalue weighted by Crippen LogP contribution is 2.30. The number of nitrogens with one attached hydrogen (secondary N) is 1. The van der Waals surface area contributed by atoms with E-state index in [1.807, 2.05) is 42.5 Å². The molecule has 0 unspecified atom stereocenters. The van der Waals surface area contributed by atoms with E-state index in [2.05, 4.69) is 31.0 Å². The van der Waals surface area contributed by atoms with Crippen molar-refractivity contribution < 1.29 is 19.1 Å². The first-order valence-corrected chi connectivity index (χ1v) is 11.7. The first kappa shape index (κ1) is 25.7. The summed E-state index contributed by atoms with van der Waals surface area (Å²) in [7, 11) is 2.94. The van der Waals surface area contributed by atoms with Gasteiger partial charge in [-0.25, -0.2) is 4.99 Å². The number of ether oxygens (including phenoxy) is 2. The molecule has 0 saturated carbocycles. The molecule has 1 fully saturated rings. The van der Waals surface area contributed by atoms with E-state index in [4.69, 9.17) is 4.74 Å². The van der Waals surface area contributed by atoms with Gasteiger partial charge in [-0.3, -0.25) is 14.6 Å². The summed E-state index contributed by atoms with van der Waals surface area (Å²) in [5.41, 5.74) is 3.56. The lowest BCUT2D eigenvalue weighted by Gasteiger charge is -2.31. The molecule has 1 saturated heterocycles. The molecule has 184 valence electrons. The van der Waals surface area contributed by atoms with Gasteiger partial charge in [0.25, 0.3) is 0 Å². The lowest BCUT2D eigenvalue weighted by molar-refractivity contribution is -0.140. The van der Waals surface area contributed by atoms with Gasteiger partial charge in [-0.1, -0.05) is 42.5 Å². The highest BCUT2D eigenvalue weighted by molar-refractivity contribution is 6.01. The minimum atomic E-state index is -0.530. The van der Waals surface area contributed by atoms with Crippen LogP contribution in [0.3, 0.4) is 0 Å². The summed E-state index contributed by atoms with van der Waals surface area (Å²) in [5, 5.41) is 2.55. The number of aliphatic imine (C=N–C) groups is 2. The van der Waals surface area contributed by atoms with E-state index < -0.39 is 11.9 Å². The van der Waals surface area contributed by atoms with Crippen LogP contribution in [-0.2, 0) is 25.7 Å². The monoisotopic (exact) mass is 476 g/mol. The Morgan fingerprint density at radius 2 is 1.83 bits per heavy atom. The Bertz CT molecular complexity index is 1070. The van der Waals surface area contributed by atoms with E-state index in [0.717, 1.165) is 48.3 Å². The summed E-state index contributed by atoms with van der Waals surface area (Å²) in [6, 6.07) is 15.6. The van der Waals surface area contributed by atoms with Crippen LogP contribution in [0.2, 0.25) is 0 Å². The zero-order valence-electron chi connectivity index (χ0n) is 20.3. The first-order chi connectivity index (χ1) is 17.1. The molecule has 1 heterocycles. The largest absolute Gasteiger partial charge is 0.488 e. The highest BCUT2D eigenvalue weighted by atomic mass is 16.5. The van der Waals surface area contributed by atoms with Gasteiger partial charge in [0.1, 0.15) is 25.2 Å². The molecule has 8 heteroatoms. The number of hydrogen-bond acceptors (Lipinski definition) is 6. The molecule has 0 aliphatic carbocycles.